The molecule has 5 rings (SSSR count). The number of carbonyl (C=O) groups is 2. The molecule has 0 bridgehead atoms. The Kier molecular flexibility index (Phi) is 6.13. The summed E-state index contributed by atoms with van der Waals surface area (Å²) in [7, 11) is 3.16. The summed E-state index contributed by atoms with van der Waals surface area (Å²) in [5, 5.41) is 4.61. The van der Waals surface area contributed by atoms with Crippen LogP contribution in [-0.4, -0.2) is 42.2 Å². The van der Waals surface area contributed by atoms with E-state index in [0.29, 0.717) is 27.9 Å². The van der Waals surface area contributed by atoms with E-state index in [1.165, 1.54) is 6.42 Å². The van der Waals surface area contributed by atoms with E-state index in [4.69, 9.17) is 21.1 Å². The molecule has 1 aromatic heterocycles. The van der Waals surface area contributed by atoms with Crippen molar-refractivity contribution < 1.29 is 19.1 Å². The largest absolute Gasteiger partial charge is 0.497 e. The van der Waals surface area contributed by atoms with Crippen LogP contribution < -0.4 is 19.7 Å². The Bertz CT molecular complexity index is 1300. The second-order valence-corrected chi connectivity index (χ2v) is 10.0. The van der Waals surface area contributed by atoms with Gasteiger partial charge in [-0.05, 0) is 56.2 Å². The normalized spacial score (nSPS) is 20.6. The lowest BCUT2D eigenvalue weighted by molar-refractivity contribution is -0.127. The third-order valence-electron chi connectivity index (χ3n) is 7.30. The van der Waals surface area contributed by atoms with Gasteiger partial charge >= 0.3 is 0 Å². The number of fused-ring (bicyclic) bond motifs is 3. The number of nitrogens with zero attached hydrogens (tertiary/aromatic N) is 2. The molecule has 1 fully saturated rings. The molecule has 3 aromatic rings. The van der Waals surface area contributed by atoms with Crippen LogP contribution in [0, 0.1) is 0 Å². The maximum atomic E-state index is 14.1. The first-order valence-corrected chi connectivity index (χ1v) is 12.4. The fourth-order valence-electron chi connectivity index (χ4n) is 5.40. The number of methoxy groups -OCH3 is 2. The first kappa shape index (κ1) is 23.5. The summed E-state index contributed by atoms with van der Waals surface area (Å²) in [6.07, 6.45) is 5.28. The zero-order valence-electron chi connectivity index (χ0n) is 20.3. The number of amides is 2. The number of rotatable bonds is 5. The Labute approximate surface area is 209 Å². The summed E-state index contributed by atoms with van der Waals surface area (Å²) < 4.78 is 12.9. The standard InChI is InChI=1S/C27H30ClN3O4/c1-27(26(33)29-19-7-5-4-6-8-19)16-30-21-15-20(34-2)11-9-17(21)13-23(30)25(32)31(27)22-14-18(28)10-12-24(22)35-3/h9-15,19H,4-8,16H2,1-3H3,(H,29,33)/t27-/m0/s1. The molecule has 2 aliphatic rings. The van der Waals surface area contributed by atoms with Crippen LogP contribution in [0.5, 0.6) is 11.5 Å². The predicted octanol–water partition coefficient (Wildman–Crippen LogP) is 5.18. The fourth-order valence-corrected chi connectivity index (χ4v) is 5.57. The van der Waals surface area contributed by atoms with Gasteiger partial charge in [0.15, 0.2) is 0 Å². The van der Waals surface area contributed by atoms with E-state index >= 15 is 0 Å². The molecule has 1 aliphatic heterocycles. The van der Waals surface area contributed by atoms with E-state index in [9.17, 15) is 9.59 Å². The molecule has 8 heteroatoms. The Balaban J connectivity index is 1.67. The van der Waals surface area contributed by atoms with Crippen molar-refractivity contribution in [2.24, 2.45) is 0 Å². The van der Waals surface area contributed by atoms with Crippen LogP contribution in [-0.2, 0) is 11.3 Å². The van der Waals surface area contributed by atoms with Crippen molar-refractivity contribution in [3.05, 3.63) is 53.2 Å². The van der Waals surface area contributed by atoms with Gasteiger partial charge in [-0.25, -0.2) is 0 Å². The van der Waals surface area contributed by atoms with Crippen molar-refractivity contribution in [1.82, 2.24) is 9.88 Å². The molecule has 184 valence electrons. The zero-order chi connectivity index (χ0) is 24.7. The van der Waals surface area contributed by atoms with Crippen molar-refractivity contribution in [2.45, 2.75) is 57.2 Å². The van der Waals surface area contributed by atoms with Gasteiger partial charge in [-0.2, -0.15) is 0 Å². The fraction of sp³-hybridized carbons (Fsp3) is 0.407. The highest BCUT2D eigenvalue weighted by Gasteiger charge is 2.50. The van der Waals surface area contributed by atoms with E-state index < -0.39 is 5.54 Å². The highest BCUT2D eigenvalue weighted by molar-refractivity contribution is 6.31. The molecule has 1 N–H and O–H groups in total. The minimum absolute atomic E-state index is 0.106. The molecule has 0 radical (unpaired) electrons. The number of benzene rings is 2. The molecule has 1 saturated carbocycles. The van der Waals surface area contributed by atoms with Gasteiger partial charge in [0, 0.05) is 22.5 Å². The van der Waals surface area contributed by atoms with Gasteiger partial charge in [0.05, 0.1) is 32.0 Å². The molecule has 1 aliphatic carbocycles. The van der Waals surface area contributed by atoms with Crippen molar-refractivity contribution >= 4 is 40.0 Å². The minimum atomic E-state index is -1.21. The van der Waals surface area contributed by atoms with Gasteiger partial charge in [0.25, 0.3) is 5.91 Å². The SMILES string of the molecule is COc1ccc2cc3n(c2c1)C[C@@](C)(C(=O)NC1CCCCC1)N(c1cc(Cl)ccc1OC)C3=O. The summed E-state index contributed by atoms with van der Waals surface area (Å²) >= 11 is 6.35. The van der Waals surface area contributed by atoms with Gasteiger partial charge in [-0.1, -0.05) is 30.9 Å². The second kappa shape index (κ2) is 9.11. The highest BCUT2D eigenvalue weighted by Crippen LogP contribution is 2.41. The number of nitrogens with one attached hydrogen (secondary N) is 1. The van der Waals surface area contributed by atoms with Crippen molar-refractivity contribution in [3.8, 4) is 11.5 Å². The number of hydrogen-bond acceptors (Lipinski definition) is 4. The Morgan fingerprint density at radius 2 is 1.83 bits per heavy atom. The molecular formula is C27H30ClN3O4. The van der Waals surface area contributed by atoms with Gasteiger partial charge < -0.3 is 19.4 Å². The van der Waals surface area contributed by atoms with E-state index in [1.807, 2.05) is 35.8 Å². The number of anilines is 1. The predicted molar refractivity (Wildman–Crippen MR) is 137 cm³/mol. The number of aromatic nitrogens is 1. The molecule has 0 spiro atoms. The lowest BCUT2D eigenvalue weighted by Crippen LogP contribution is -2.65. The molecule has 2 aromatic carbocycles. The first-order chi connectivity index (χ1) is 16.9. The monoisotopic (exact) mass is 495 g/mol. The van der Waals surface area contributed by atoms with E-state index in [2.05, 4.69) is 5.32 Å². The minimum Gasteiger partial charge on any atom is -0.497 e. The molecular weight excluding hydrogens is 466 g/mol. The maximum Gasteiger partial charge on any atom is 0.276 e. The molecule has 2 heterocycles. The van der Waals surface area contributed by atoms with Crippen LogP contribution in [0.25, 0.3) is 10.9 Å². The molecule has 0 saturated heterocycles. The van der Waals surface area contributed by atoms with Crippen LogP contribution in [0.2, 0.25) is 5.02 Å². The maximum absolute atomic E-state index is 14.1. The van der Waals surface area contributed by atoms with Gasteiger partial charge in [-0.3, -0.25) is 14.5 Å². The highest BCUT2D eigenvalue weighted by atomic mass is 35.5. The molecule has 35 heavy (non-hydrogen) atoms. The number of carbonyl (C=O) groups excluding carboxylic acids is 2. The van der Waals surface area contributed by atoms with Gasteiger partial charge in [0.1, 0.15) is 22.7 Å². The zero-order valence-corrected chi connectivity index (χ0v) is 21.0. The lowest BCUT2D eigenvalue weighted by atomic mass is 9.91. The average molecular weight is 496 g/mol. The average Bonchev–Trinajstić information content (AvgIpc) is 3.22. The quantitative estimate of drug-likeness (QED) is 0.529. The molecule has 7 nitrogen and oxygen atoms in total. The molecule has 0 unspecified atom stereocenters. The topological polar surface area (TPSA) is 72.8 Å². The van der Waals surface area contributed by atoms with Crippen molar-refractivity contribution in [2.75, 3.05) is 19.1 Å². The summed E-state index contributed by atoms with van der Waals surface area (Å²) in [5.41, 5.74) is 0.606. The van der Waals surface area contributed by atoms with Crippen LogP contribution in [0.3, 0.4) is 0 Å². The van der Waals surface area contributed by atoms with Crippen molar-refractivity contribution in [3.63, 3.8) is 0 Å². The van der Waals surface area contributed by atoms with E-state index in [-0.39, 0.29) is 24.4 Å². The number of hydrogen-bond donors (Lipinski definition) is 1. The van der Waals surface area contributed by atoms with E-state index in [1.54, 1.807) is 37.3 Å². The van der Waals surface area contributed by atoms with Crippen LogP contribution in [0.1, 0.15) is 49.5 Å². The Hall–Kier alpha value is -3.19. The van der Waals surface area contributed by atoms with Gasteiger partial charge in [0.2, 0.25) is 5.91 Å². The summed E-state index contributed by atoms with van der Waals surface area (Å²) in [6, 6.07) is 12.8. The van der Waals surface area contributed by atoms with E-state index in [0.717, 1.165) is 36.6 Å². The van der Waals surface area contributed by atoms with Crippen LogP contribution >= 0.6 is 11.6 Å². The number of ether oxygens (including phenoxy) is 2. The number of halogens is 1. The molecule has 1 atom stereocenters. The summed E-state index contributed by atoms with van der Waals surface area (Å²) in [6.45, 7) is 2.09. The first-order valence-electron chi connectivity index (χ1n) is 12.0. The van der Waals surface area contributed by atoms with Crippen molar-refractivity contribution in [1.29, 1.82) is 0 Å². The Morgan fingerprint density at radius 3 is 2.54 bits per heavy atom. The lowest BCUT2D eigenvalue weighted by Gasteiger charge is -2.45. The van der Waals surface area contributed by atoms with Crippen LogP contribution in [0.15, 0.2) is 42.5 Å². The molecule has 2 amide bonds. The smallest absolute Gasteiger partial charge is 0.276 e. The third kappa shape index (κ3) is 4.01. The van der Waals surface area contributed by atoms with Crippen LogP contribution in [0.4, 0.5) is 5.69 Å². The summed E-state index contributed by atoms with van der Waals surface area (Å²) in [4.78, 5) is 29.7. The summed E-state index contributed by atoms with van der Waals surface area (Å²) in [5.74, 6) is 0.701. The Morgan fingerprint density at radius 1 is 1.06 bits per heavy atom. The second-order valence-electron chi connectivity index (χ2n) is 9.58. The van der Waals surface area contributed by atoms with Gasteiger partial charge in [-0.15, -0.1) is 0 Å². The third-order valence-corrected chi connectivity index (χ3v) is 7.54.